The highest BCUT2D eigenvalue weighted by Gasteiger charge is 2.19. The van der Waals surface area contributed by atoms with E-state index in [9.17, 15) is 0 Å². The molecule has 0 aliphatic heterocycles. The van der Waals surface area contributed by atoms with E-state index in [1.165, 1.54) is 11.1 Å². The Bertz CT molecular complexity index is 706. The van der Waals surface area contributed by atoms with Crippen molar-refractivity contribution in [3.8, 4) is 0 Å². The fraction of sp³-hybridized carbons (Fsp3) is 0.100. The first-order valence-electron chi connectivity index (χ1n) is 7.44. The molecule has 3 rings (SSSR count). The molecule has 0 aliphatic rings. The maximum absolute atomic E-state index is 6.05. The second-order valence-electron chi connectivity index (χ2n) is 5.45. The van der Waals surface area contributed by atoms with Crippen molar-refractivity contribution in [2.45, 2.75) is 6.04 Å². The normalized spacial score (nSPS) is 10.8. The zero-order chi connectivity index (χ0) is 16.2. The van der Waals surface area contributed by atoms with Crippen LogP contribution < -0.4 is 4.90 Å². The van der Waals surface area contributed by atoms with E-state index in [4.69, 9.17) is 23.2 Å². The molecule has 0 saturated heterocycles. The Balaban J connectivity index is 2.06. The van der Waals surface area contributed by atoms with E-state index in [2.05, 4.69) is 48.3 Å². The Morgan fingerprint density at radius 2 is 1.09 bits per heavy atom. The largest absolute Gasteiger partial charge is 0.363 e. The topological polar surface area (TPSA) is 3.24 Å². The van der Waals surface area contributed by atoms with Gasteiger partial charge in [-0.25, -0.2) is 0 Å². The van der Waals surface area contributed by atoms with Crippen LogP contribution in [0.25, 0.3) is 0 Å². The molecule has 23 heavy (non-hydrogen) atoms. The lowest BCUT2D eigenvalue weighted by Gasteiger charge is -2.31. The number of nitrogens with zero attached hydrogens (tertiary/aromatic N) is 1. The Morgan fingerprint density at radius 1 is 0.652 bits per heavy atom. The van der Waals surface area contributed by atoms with Crippen molar-refractivity contribution < 1.29 is 0 Å². The Kier molecular flexibility index (Phi) is 4.90. The van der Waals surface area contributed by atoms with Crippen molar-refractivity contribution in [1.82, 2.24) is 0 Å². The van der Waals surface area contributed by atoms with Crippen LogP contribution in [0.3, 0.4) is 0 Å². The Morgan fingerprint density at radius 3 is 1.52 bits per heavy atom. The van der Waals surface area contributed by atoms with E-state index in [0.717, 1.165) is 15.7 Å². The number of hydrogen-bond acceptors (Lipinski definition) is 1. The highest BCUT2D eigenvalue weighted by molar-refractivity contribution is 6.30. The third kappa shape index (κ3) is 3.69. The van der Waals surface area contributed by atoms with Crippen molar-refractivity contribution in [3.05, 3.63) is 100 Å². The maximum Gasteiger partial charge on any atom is 0.0792 e. The lowest BCUT2D eigenvalue weighted by molar-refractivity contribution is 0.783. The molecule has 0 fully saturated rings. The monoisotopic (exact) mass is 341 g/mol. The third-order valence-electron chi connectivity index (χ3n) is 3.92. The minimum absolute atomic E-state index is 0.0898. The van der Waals surface area contributed by atoms with E-state index in [-0.39, 0.29) is 6.04 Å². The first-order valence-corrected chi connectivity index (χ1v) is 8.19. The highest BCUT2D eigenvalue weighted by Crippen LogP contribution is 2.32. The zero-order valence-electron chi connectivity index (χ0n) is 12.8. The van der Waals surface area contributed by atoms with Crippen LogP contribution in [0.15, 0.2) is 78.9 Å². The van der Waals surface area contributed by atoms with Crippen LogP contribution in [0.1, 0.15) is 17.2 Å². The molecule has 3 aromatic carbocycles. The van der Waals surface area contributed by atoms with Gasteiger partial charge in [0.05, 0.1) is 6.04 Å². The number of rotatable bonds is 4. The first-order chi connectivity index (χ1) is 11.1. The summed E-state index contributed by atoms with van der Waals surface area (Å²) in [5, 5.41) is 1.48. The SMILES string of the molecule is CN(c1ccccc1)C(c1ccc(Cl)cc1)c1ccc(Cl)cc1. The molecule has 3 aromatic rings. The first kappa shape index (κ1) is 15.9. The predicted molar refractivity (Wildman–Crippen MR) is 99.6 cm³/mol. The summed E-state index contributed by atoms with van der Waals surface area (Å²) in [5.41, 5.74) is 3.52. The molecule has 0 aliphatic carbocycles. The predicted octanol–water partition coefficient (Wildman–Crippen LogP) is 6.22. The summed E-state index contributed by atoms with van der Waals surface area (Å²) in [7, 11) is 2.10. The minimum atomic E-state index is 0.0898. The summed E-state index contributed by atoms with van der Waals surface area (Å²) in [6.07, 6.45) is 0. The molecule has 0 saturated carbocycles. The number of anilines is 1. The molecule has 0 atom stereocenters. The van der Waals surface area contributed by atoms with Gasteiger partial charge in [-0.2, -0.15) is 0 Å². The molecule has 0 bridgehead atoms. The van der Waals surface area contributed by atoms with Crippen molar-refractivity contribution in [1.29, 1.82) is 0 Å². The van der Waals surface area contributed by atoms with Crippen molar-refractivity contribution in [2.24, 2.45) is 0 Å². The average molecular weight is 342 g/mol. The molecule has 1 nitrogen and oxygen atoms in total. The van der Waals surface area contributed by atoms with Gasteiger partial charge in [-0.3, -0.25) is 0 Å². The van der Waals surface area contributed by atoms with Gasteiger partial charge in [0, 0.05) is 22.8 Å². The van der Waals surface area contributed by atoms with Gasteiger partial charge in [-0.05, 0) is 47.5 Å². The van der Waals surface area contributed by atoms with Crippen LogP contribution in [0.5, 0.6) is 0 Å². The van der Waals surface area contributed by atoms with Gasteiger partial charge in [-0.1, -0.05) is 65.7 Å². The molecule has 0 heterocycles. The average Bonchev–Trinajstić information content (AvgIpc) is 2.59. The fourth-order valence-electron chi connectivity index (χ4n) is 2.74. The minimum Gasteiger partial charge on any atom is -0.363 e. The molecule has 3 heteroatoms. The smallest absolute Gasteiger partial charge is 0.0792 e. The molecular weight excluding hydrogens is 325 g/mol. The van der Waals surface area contributed by atoms with Crippen molar-refractivity contribution in [3.63, 3.8) is 0 Å². The maximum atomic E-state index is 6.05. The summed E-state index contributed by atoms with van der Waals surface area (Å²) < 4.78 is 0. The molecule has 0 amide bonds. The van der Waals surface area contributed by atoms with Gasteiger partial charge < -0.3 is 4.90 Å². The molecule has 0 spiro atoms. The lowest BCUT2D eigenvalue weighted by Crippen LogP contribution is -2.25. The summed E-state index contributed by atoms with van der Waals surface area (Å²) in [5.74, 6) is 0. The van der Waals surface area contributed by atoms with Crippen LogP contribution in [0, 0.1) is 0 Å². The van der Waals surface area contributed by atoms with Crippen molar-refractivity contribution in [2.75, 3.05) is 11.9 Å². The van der Waals surface area contributed by atoms with Crippen LogP contribution in [-0.2, 0) is 0 Å². The molecule has 0 unspecified atom stereocenters. The Hall–Kier alpha value is -1.96. The van der Waals surface area contributed by atoms with Gasteiger partial charge in [0.1, 0.15) is 0 Å². The van der Waals surface area contributed by atoms with E-state index in [1.54, 1.807) is 0 Å². The highest BCUT2D eigenvalue weighted by atomic mass is 35.5. The van der Waals surface area contributed by atoms with Gasteiger partial charge in [0.25, 0.3) is 0 Å². The number of benzene rings is 3. The van der Waals surface area contributed by atoms with Crippen LogP contribution in [0.2, 0.25) is 10.0 Å². The Labute approximate surface area is 147 Å². The number of para-hydroxylation sites is 1. The van der Waals surface area contributed by atoms with Crippen LogP contribution >= 0.6 is 23.2 Å². The standard InChI is InChI=1S/C20H17Cl2N/c1-23(19-5-3-2-4-6-19)20(15-7-11-17(21)12-8-15)16-9-13-18(22)14-10-16/h2-14,20H,1H3. The summed E-state index contributed by atoms with van der Waals surface area (Å²) in [6, 6.07) is 26.4. The van der Waals surface area contributed by atoms with E-state index < -0.39 is 0 Å². The molecule has 0 radical (unpaired) electrons. The van der Waals surface area contributed by atoms with Gasteiger partial charge in [0.2, 0.25) is 0 Å². The van der Waals surface area contributed by atoms with Gasteiger partial charge >= 0.3 is 0 Å². The molecule has 0 N–H and O–H groups in total. The molecular formula is C20H17Cl2N. The fourth-order valence-corrected chi connectivity index (χ4v) is 2.99. The summed E-state index contributed by atoms with van der Waals surface area (Å²) in [6.45, 7) is 0. The third-order valence-corrected chi connectivity index (χ3v) is 4.43. The number of halogens is 2. The molecule has 0 aromatic heterocycles. The van der Waals surface area contributed by atoms with Gasteiger partial charge in [0.15, 0.2) is 0 Å². The molecule has 116 valence electrons. The van der Waals surface area contributed by atoms with E-state index >= 15 is 0 Å². The number of hydrogen-bond donors (Lipinski definition) is 0. The van der Waals surface area contributed by atoms with E-state index in [0.29, 0.717) is 0 Å². The lowest BCUT2D eigenvalue weighted by atomic mass is 9.97. The quantitative estimate of drug-likeness (QED) is 0.544. The van der Waals surface area contributed by atoms with Crippen LogP contribution in [0.4, 0.5) is 5.69 Å². The zero-order valence-corrected chi connectivity index (χ0v) is 14.3. The van der Waals surface area contributed by atoms with E-state index in [1.807, 2.05) is 42.5 Å². The van der Waals surface area contributed by atoms with Crippen LogP contribution in [-0.4, -0.2) is 7.05 Å². The summed E-state index contributed by atoms with van der Waals surface area (Å²) >= 11 is 12.1. The van der Waals surface area contributed by atoms with Gasteiger partial charge in [-0.15, -0.1) is 0 Å². The van der Waals surface area contributed by atoms with Crippen molar-refractivity contribution >= 4 is 28.9 Å². The second-order valence-corrected chi connectivity index (χ2v) is 6.32. The summed E-state index contributed by atoms with van der Waals surface area (Å²) in [4.78, 5) is 2.26. The second kappa shape index (κ2) is 7.08.